The summed E-state index contributed by atoms with van der Waals surface area (Å²) in [4.78, 5) is 15.0. The van der Waals surface area contributed by atoms with Crippen LogP contribution in [0.1, 0.15) is 30.6 Å². The molecule has 4 heterocycles. The van der Waals surface area contributed by atoms with E-state index in [1.165, 1.54) is 11.8 Å². The van der Waals surface area contributed by atoms with Gasteiger partial charge in [-0.3, -0.25) is 4.79 Å². The van der Waals surface area contributed by atoms with E-state index in [1.807, 2.05) is 6.07 Å². The maximum atomic E-state index is 13.0. The molecule has 2 aromatic heterocycles. The van der Waals surface area contributed by atoms with Gasteiger partial charge >= 0.3 is 0 Å². The molecule has 3 aromatic rings. The van der Waals surface area contributed by atoms with E-state index in [4.69, 9.17) is 4.42 Å². The second-order valence-electron chi connectivity index (χ2n) is 8.04. The maximum Gasteiger partial charge on any atom is 0.243 e. The molecule has 0 bridgehead atoms. The van der Waals surface area contributed by atoms with Gasteiger partial charge in [0.2, 0.25) is 21.1 Å². The minimum atomic E-state index is -3.49. The number of rotatable bonds is 7. The highest BCUT2D eigenvalue weighted by Crippen LogP contribution is 2.32. The number of sulfonamides is 1. The first-order chi connectivity index (χ1) is 16.0. The van der Waals surface area contributed by atoms with Gasteiger partial charge in [-0.25, -0.2) is 13.1 Å². The quantitative estimate of drug-likeness (QED) is 0.465. The highest BCUT2D eigenvalue weighted by atomic mass is 32.2. The molecule has 10 nitrogen and oxygen atoms in total. The third-order valence-electron chi connectivity index (χ3n) is 5.91. The lowest BCUT2D eigenvalue weighted by Gasteiger charge is -2.26. The summed E-state index contributed by atoms with van der Waals surface area (Å²) in [6.45, 7) is 2.05. The summed E-state index contributed by atoms with van der Waals surface area (Å²) >= 11 is 1.26. The Hall–Kier alpha value is -2.70. The highest BCUT2D eigenvalue weighted by Gasteiger charge is 2.30. The number of piperidine rings is 1. The van der Waals surface area contributed by atoms with Crippen molar-refractivity contribution in [2.45, 2.75) is 42.3 Å². The lowest BCUT2D eigenvalue weighted by Crippen LogP contribution is -2.35. The minimum absolute atomic E-state index is 0.0714. The number of tetrazole rings is 1. The lowest BCUT2D eigenvalue weighted by atomic mass is 10.2. The number of hydrogen-bond acceptors (Lipinski definition) is 8. The molecule has 5 rings (SSSR count). The van der Waals surface area contributed by atoms with E-state index in [1.54, 1.807) is 44.4 Å². The van der Waals surface area contributed by atoms with E-state index in [0.717, 1.165) is 36.3 Å². The van der Waals surface area contributed by atoms with Crippen LogP contribution in [-0.2, 0) is 27.8 Å². The Labute approximate surface area is 196 Å². The average Bonchev–Trinajstić information content (AvgIpc) is 3.59. The predicted molar refractivity (Wildman–Crippen MR) is 121 cm³/mol. The molecule has 0 radical (unpaired) electrons. The molecule has 174 valence electrons. The fourth-order valence-electron chi connectivity index (χ4n) is 4.21. The van der Waals surface area contributed by atoms with Gasteiger partial charge in [0.1, 0.15) is 12.3 Å². The molecule has 0 aliphatic carbocycles. The minimum Gasteiger partial charge on any atom is -0.467 e. The van der Waals surface area contributed by atoms with Crippen molar-refractivity contribution in [3.63, 3.8) is 0 Å². The zero-order valence-electron chi connectivity index (χ0n) is 18.0. The van der Waals surface area contributed by atoms with Gasteiger partial charge in [-0.2, -0.15) is 4.31 Å². The summed E-state index contributed by atoms with van der Waals surface area (Å²) in [7, 11) is -3.49. The van der Waals surface area contributed by atoms with Crippen LogP contribution in [0.25, 0.3) is 0 Å². The second kappa shape index (κ2) is 9.27. The number of furan rings is 1. The van der Waals surface area contributed by atoms with Gasteiger partial charge in [0.25, 0.3) is 0 Å². The number of carbonyl (C=O) groups is 1. The zero-order chi connectivity index (χ0) is 22.8. The maximum absolute atomic E-state index is 13.0. The van der Waals surface area contributed by atoms with Crippen molar-refractivity contribution >= 4 is 33.4 Å². The van der Waals surface area contributed by atoms with Crippen LogP contribution >= 0.6 is 11.8 Å². The number of fused-ring (bicyclic) bond motifs is 1. The topological polar surface area (TPSA) is 114 Å². The van der Waals surface area contributed by atoms with Crippen molar-refractivity contribution in [2.75, 3.05) is 30.3 Å². The number of amides is 1. The van der Waals surface area contributed by atoms with Crippen LogP contribution in [-0.4, -0.2) is 64.2 Å². The number of benzene rings is 1. The Morgan fingerprint density at radius 1 is 1.12 bits per heavy atom. The molecule has 33 heavy (non-hydrogen) atoms. The van der Waals surface area contributed by atoms with E-state index >= 15 is 0 Å². The Bertz CT molecular complexity index is 1240. The number of hydrogen-bond donors (Lipinski definition) is 0. The predicted octanol–water partition coefficient (Wildman–Crippen LogP) is 2.17. The Kier molecular flexibility index (Phi) is 6.21. The van der Waals surface area contributed by atoms with Crippen LogP contribution < -0.4 is 4.90 Å². The molecule has 0 spiro atoms. The summed E-state index contributed by atoms with van der Waals surface area (Å²) in [5.74, 6) is 0.823. The molecule has 2 aliphatic rings. The molecule has 1 aromatic carbocycles. The highest BCUT2D eigenvalue weighted by molar-refractivity contribution is 7.99. The van der Waals surface area contributed by atoms with Gasteiger partial charge in [-0.15, -0.1) is 5.10 Å². The molecule has 1 fully saturated rings. The van der Waals surface area contributed by atoms with Crippen LogP contribution in [0.15, 0.2) is 51.1 Å². The van der Waals surface area contributed by atoms with Crippen molar-refractivity contribution in [1.29, 1.82) is 0 Å². The summed E-state index contributed by atoms with van der Waals surface area (Å²) in [6.07, 6.45) is 5.08. The molecule has 12 heteroatoms. The summed E-state index contributed by atoms with van der Waals surface area (Å²) in [6, 6.07) is 8.73. The lowest BCUT2D eigenvalue weighted by molar-refractivity contribution is -0.116. The van der Waals surface area contributed by atoms with Crippen molar-refractivity contribution in [2.24, 2.45) is 0 Å². The average molecular weight is 489 g/mol. The van der Waals surface area contributed by atoms with E-state index in [2.05, 4.69) is 15.5 Å². The first-order valence-corrected chi connectivity index (χ1v) is 13.3. The van der Waals surface area contributed by atoms with E-state index in [0.29, 0.717) is 42.7 Å². The van der Waals surface area contributed by atoms with Gasteiger partial charge in [0, 0.05) is 25.3 Å². The third kappa shape index (κ3) is 4.55. The van der Waals surface area contributed by atoms with Gasteiger partial charge in [-0.1, -0.05) is 18.2 Å². The Balaban J connectivity index is 1.25. The van der Waals surface area contributed by atoms with Crippen LogP contribution in [0.5, 0.6) is 0 Å². The van der Waals surface area contributed by atoms with E-state index in [-0.39, 0.29) is 11.7 Å². The number of carbonyl (C=O) groups excluding carboxylic acids is 1. The third-order valence-corrected chi connectivity index (χ3v) is 8.75. The normalized spacial score (nSPS) is 16.8. The molecule has 1 saturated heterocycles. The van der Waals surface area contributed by atoms with Gasteiger partial charge in [-0.05, 0) is 65.6 Å². The Morgan fingerprint density at radius 3 is 2.76 bits per heavy atom. The Morgan fingerprint density at radius 2 is 1.97 bits per heavy atom. The molecule has 0 atom stereocenters. The largest absolute Gasteiger partial charge is 0.467 e. The smallest absolute Gasteiger partial charge is 0.243 e. The van der Waals surface area contributed by atoms with Gasteiger partial charge in [0.05, 0.1) is 16.9 Å². The summed E-state index contributed by atoms with van der Waals surface area (Å²) in [5, 5.41) is 12.2. The standard InChI is InChI=1S/C21H24N6O4S2/c28-20(15-32-21-22-23-24-27(21)14-17-5-4-12-31-17)26-11-8-16-13-18(6-7-19(16)26)33(29,30)25-9-2-1-3-10-25/h4-7,12-13H,1-3,8-11,14-15H2. The molecule has 0 saturated carbocycles. The van der Waals surface area contributed by atoms with Crippen molar-refractivity contribution < 1.29 is 17.6 Å². The van der Waals surface area contributed by atoms with Crippen LogP contribution in [0.2, 0.25) is 0 Å². The molecule has 1 amide bonds. The molecular weight excluding hydrogens is 464 g/mol. The van der Waals surface area contributed by atoms with Crippen LogP contribution in [0.3, 0.4) is 0 Å². The van der Waals surface area contributed by atoms with Crippen molar-refractivity contribution in [3.8, 4) is 0 Å². The van der Waals surface area contributed by atoms with Gasteiger partial charge < -0.3 is 9.32 Å². The fourth-order valence-corrected chi connectivity index (χ4v) is 6.53. The van der Waals surface area contributed by atoms with Crippen molar-refractivity contribution in [1.82, 2.24) is 24.5 Å². The molecule has 0 unspecified atom stereocenters. The molecular formula is C21H24N6O4S2. The van der Waals surface area contributed by atoms with Crippen molar-refractivity contribution in [3.05, 3.63) is 47.9 Å². The molecule has 0 N–H and O–H groups in total. The zero-order valence-corrected chi connectivity index (χ0v) is 19.6. The number of anilines is 1. The number of thioether (sulfide) groups is 1. The monoisotopic (exact) mass is 488 g/mol. The van der Waals surface area contributed by atoms with E-state index in [9.17, 15) is 13.2 Å². The number of aromatic nitrogens is 4. The SMILES string of the molecule is O=C(CSc1nnnn1Cc1ccco1)N1CCc2cc(S(=O)(=O)N3CCCCC3)ccc21. The van der Waals surface area contributed by atoms with Gasteiger partial charge in [0.15, 0.2) is 0 Å². The fraction of sp³-hybridized carbons (Fsp3) is 0.429. The van der Waals surface area contributed by atoms with Crippen LogP contribution in [0.4, 0.5) is 5.69 Å². The summed E-state index contributed by atoms with van der Waals surface area (Å²) in [5.41, 5.74) is 1.66. The second-order valence-corrected chi connectivity index (χ2v) is 10.9. The van der Waals surface area contributed by atoms with E-state index < -0.39 is 10.0 Å². The van der Waals surface area contributed by atoms with Crippen LogP contribution in [0, 0.1) is 0 Å². The first kappa shape index (κ1) is 22.1. The number of nitrogens with zero attached hydrogens (tertiary/aromatic N) is 6. The molecule has 2 aliphatic heterocycles. The summed E-state index contributed by atoms with van der Waals surface area (Å²) < 4.78 is 34.5. The first-order valence-electron chi connectivity index (χ1n) is 10.9.